The zero-order chi connectivity index (χ0) is 17.4. The summed E-state index contributed by atoms with van der Waals surface area (Å²) in [6, 6.07) is 16.2. The minimum absolute atomic E-state index is 0.0155. The smallest absolute Gasteiger partial charge is 0.319 e. The zero-order valence-corrected chi connectivity index (χ0v) is 13.8. The summed E-state index contributed by atoms with van der Waals surface area (Å²) in [4.78, 5) is 24.9. The lowest BCUT2D eigenvalue weighted by atomic mass is 10.2. The number of nitrogens with zero attached hydrogens (tertiary/aromatic N) is 1. The van der Waals surface area contributed by atoms with Gasteiger partial charge in [-0.25, -0.2) is 4.79 Å². The Hall–Kier alpha value is -3.02. The number of hydrogen-bond acceptors (Lipinski definition) is 3. The minimum atomic E-state index is -0.282. The van der Waals surface area contributed by atoms with Crippen molar-refractivity contribution in [1.29, 1.82) is 0 Å². The van der Waals surface area contributed by atoms with Crippen molar-refractivity contribution >= 4 is 17.6 Å². The highest BCUT2D eigenvalue weighted by atomic mass is 16.5. The summed E-state index contributed by atoms with van der Waals surface area (Å²) >= 11 is 0. The molecule has 6 heteroatoms. The van der Waals surface area contributed by atoms with Crippen LogP contribution in [0.25, 0.3) is 0 Å². The molecule has 0 unspecified atom stereocenters. The predicted molar refractivity (Wildman–Crippen MR) is 92.9 cm³/mol. The fourth-order valence-electron chi connectivity index (χ4n) is 1.90. The number of carbonyl (C=O) groups excluding carboxylic acids is 2. The van der Waals surface area contributed by atoms with E-state index in [0.29, 0.717) is 12.3 Å². The highest BCUT2D eigenvalue weighted by molar-refractivity contribution is 5.89. The molecule has 2 aromatic rings. The van der Waals surface area contributed by atoms with Gasteiger partial charge in [-0.15, -0.1) is 0 Å². The van der Waals surface area contributed by atoms with Gasteiger partial charge in [0.2, 0.25) is 0 Å². The molecule has 0 aliphatic rings. The fraction of sp³-hybridized carbons (Fsp3) is 0.222. The van der Waals surface area contributed by atoms with Crippen LogP contribution in [0.5, 0.6) is 5.75 Å². The van der Waals surface area contributed by atoms with Gasteiger partial charge >= 0.3 is 6.03 Å². The maximum atomic E-state index is 11.9. The second kappa shape index (κ2) is 8.57. The first-order chi connectivity index (χ1) is 11.5. The molecule has 0 aliphatic heterocycles. The monoisotopic (exact) mass is 327 g/mol. The number of hydrogen-bond donors (Lipinski definition) is 2. The maximum Gasteiger partial charge on any atom is 0.319 e. The molecule has 0 heterocycles. The Morgan fingerprint density at radius 2 is 1.79 bits per heavy atom. The van der Waals surface area contributed by atoms with Crippen molar-refractivity contribution in [1.82, 2.24) is 10.2 Å². The number of amides is 3. The van der Waals surface area contributed by atoms with E-state index in [1.54, 1.807) is 26.2 Å². The van der Waals surface area contributed by atoms with Gasteiger partial charge in [0.15, 0.2) is 6.61 Å². The van der Waals surface area contributed by atoms with Gasteiger partial charge < -0.3 is 20.3 Å². The van der Waals surface area contributed by atoms with E-state index in [9.17, 15) is 9.59 Å². The van der Waals surface area contributed by atoms with Crippen LogP contribution in [0.1, 0.15) is 5.56 Å². The van der Waals surface area contributed by atoms with Crippen molar-refractivity contribution in [2.75, 3.05) is 26.0 Å². The first kappa shape index (κ1) is 17.3. The molecule has 2 N–H and O–H groups in total. The van der Waals surface area contributed by atoms with E-state index in [0.717, 1.165) is 11.3 Å². The van der Waals surface area contributed by atoms with E-state index < -0.39 is 0 Å². The Bertz CT molecular complexity index is 687. The number of benzene rings is 2. The Morgan fingerprint density at radius 1 is 1.04 bits per heavy atom. The molecule has 0 aliphatic carbocycles. The number of urea groups is 1. The van der Waals surface area contributed by atoms with Crippen LogP contribution >= 0.6 is 0 Å². The summed E-state index contributed by atoms with van der Waals surface area (Å²) in [5.41, 5.74) is 1.61. The van der Waals surface area contributed by atoms with E-state index in [1.807, 2.05) is 42.5 Å². The number of rotatable bonds is 6. The molecule has 3 amide bonds. The standard InChI is InChI=1S/C18H21N3O3/c1-21(2)17(22)13-24-16-10-6-7-14(11-16)12-19-18(23)20-15-8-4-3-5-9-15/h3-11H,12-13H2,1-2H3,(H2,19,20,23). The quantitative estimate of drug-likeness (QED) is 0.856. The lowest BCUT2D eigenvalue weighted by molar-refractivity contribution is -0.130. The van der Waals surface area contributed by atoms with Gasteiger partial charge in [0.25, 0.3) is 5.91 Å². The molecule has 0 atom stereocenters. The van der Waals surface area contributed by atoms with E-state index in [4.69, 9.17) is 4.74 Å². The van der Waals surface area contributed by atoms with Crippen LogP contribution in [0.2, 0.25) is 0 Å². The third-order valence-corrected chi connectivity index (χ3v) is 3.24. The third kappa shape index (κ3) is 5.64. The third-order valence-electron chi connectivity index (χ3n) is 3.24. The average Bonchev–Trinajstić information content (AvgIpc) is 2.59. The summed E-state index contributed by atoms with van der Waals surface area (Å²) in [7, 11) is 3.36. The molecular formula is C18H21N3O3. The molecular weight excluding hydrogens is 306 g/mol. The zero-order valence-electron chi connectivity index (χ0n) is 13.8. The van der Waals surface area contributed by atoms with Gasteiger partial charge in [0.05, 0.1) is 0 Å². The molecule has 24 heavy (non-hydrogen) atoms. The topological polar surface area (TPSA) is 70.7 Å². The Labute approximate surface area is 141 Å². The average molecular weight is 327 g/mol. The van der Waals surface area contributed by atoms with Crippen LogP contribution < -0.4 is 15.4 Å². The van der Waals surface area contributed by atoms with Crippen LogP contribution in [-0.4, -0.2) is 37.5 Å². The Kier molecular flexibility index (Phi) is 6.19. The van der Waals surface area contributed by atoms with Gasteiger partial charge in [-0.1, -0.05) is 30.3 Å². The summed E-state index contributed by atoms with van der Waals surface area (Å²) in [5.74, 6) is 0.480. The van der Waals surface area contributed by atoms with Crippen LogP contribution in [0.4, 0.5) is 10.5 Å². The molecule has 0 spiro atoms. The van der Waals surface area contributed by atoms with Crippen LogP contribution in [0.3, 0.4) is 0 Å². The van der Waals surface area contributed by atoms with Gasteiger partial charge in [0.1, 0.15) is 5.75 Å². The first-order valence-corrected chi connectivity index (χ1v) is 7.56. The lowest BCUT2D eigenvalue weighted by Crippen LogP contribution is -2.28. The van der Waals surface area contributed by atoms with E-state index in [1.165, 1.54) is 4.90 Å². The van der Waals surface area contributed by atoms with Crippen molar-refractivity contribution in [3.63, 3.8) is 0 Å². The number of anilines is 1. The van der Waals surface area contributed by atoms with Crippen molar-refractivity contribution in [2.45, 2.75) is 6.54 Å². The van der Waals surface area contributed by atoms with Crippen molar-refractivity contribution in [3.8, 4) is 5.75 Å². The molecule has 2 aromatic carbocycles. The second-order valence-electron chi connectivity index (χ2n) is 5.40. The van der Waals surface area contributed by atoms with Gasteiger partial charge in [0, 0.05) is 26.3 Å². The molecule has 0 radical (unpaired) electrons. The molecule has 0 bridgehead atoms. The molecule has 126 valence electrons. The van der Waals surface area contributed by atoms with Crippen LogP contribution in [0.15, 0.2) is 54.6 Å². The van der Waals surface area contributed by atoms with Crippen molar-refractivity contribution < 1.29 is 14.3 Å². The summed E-state index contributed by atoms with van der Waals surface area (Å²) < 4.78 is 5.45. The number of likely N-dealkylation sites (N-methyl/N-ethyl adjacent to an activating group) is 1. The van der Waals surface area contributed by atoms with E-state index in [-0.39, 0.29) is 18.5 Å². The molecule has 0 fully saturated rings. The predicted octanol–water partition coefficient (Wildman–Crippen LogP) is 2.48. The van der Waals surface area contributed by atoms with E-state index >= 15 is 0 Å². The number of ether oxygens (including phenoxy) is 1. The molecule has 0 aromatic heterocycles. The maximum absolute atomic E-state index is 11.9. The molecule has 0 saturated heterocycles. The van der Waals surface area contributed by atoms with Crippen molar-refractivity contribution in [2.24, 2.45) is 0 Å². The number of para-hydroxylation sites is 1. The van der Waals surface area contributed by atoms with Gasteiger partial charge in [-0.05, 0) is 29.8 Å². The summed E-state index contributed by atoms with van der Waals surface area (Å²) in [6.07, 6.45) is 0. The molecule has 0 saturated carbocycles. The Morgan fingerprint density at radius 3 is 2.50 bits per heavy atom. The van der Waals surface area contributed by atoms with Crippen LogP contribution in [-0.2, 0) is 11.3 Å². The second-order valence-corrected chi connectivity index (χ2v) is 5.40. The lowest BCUT2D eigenvalue weighted by Gasteiger charge is -2.12. The first-order valence-electron chi connectivity index (χ1n) is 7.56. The SMILES string of the molecule is CN(C)C(=O)COc1cccc(CNC(=O)Nc2ccccc2)c1. The highest BCUT2D eigenvalue weighted by Crippen LogP contribution is 2.13. The highest BCUT2D eigenvalue weighted by Gasteiger charge is 2.06. The summed E-state index contributed by atoms with van der Waals surface area (Å²) in [5, 5.41) is 5.52. The largest absolute Gasteiger partial charge is 0.484 e. The van der Waals surface area contributed by atoms with Gasteiger partial charge in [-0.3, -0.25) is 4.79 Å². The van der Waals surface area contributed by atoms with E-state index in [2.05, 4.69) is 10.6 Å². The minimum Gasteiger partial charge on any atom is -0.484 e. The van der Waals surface area contributed by atoms with Gasteiger partial charge in [-0.2, -0.15) is 0 Å². The van der Waals surface area contributed by atoms with Crippen molar-refractivity contribution in [3.05, 3.63) is 60.2 Å². The Balaban J connectivity index is 1.83. The molecule has 6 nitrogen and oxygen atoms in total. The van der Waals surface area contributed by atoms with Crippen LogP contribution in [0, 0.1) is 0 Å². The number of nitrogens with one attached hydrogen (secondary N) is 2. The fourth-order valence-corrected chi connectivity index (χ4v) is 1.90. The normalized spacial score (nSPS) is 9.92. The summed E-state index contributed by atoms with van der Waals surface area (Å²) in [6.45, 7) is 0.343. The molecule has 2 rings (SSSR count). The number of carbonyl (C=O) groups is 2.